The van der Waals surface area contributed by atoms with Gasteiger partial charge in [0, 0.05) is 31.4 Å². The second kappa shape index (κ2) is 5.64. The molecular formula is C16H20N6O. The van der Waals surface area contributed by atoms with Crippen LogP contribution in [0.2, 0.25) is 0 Å². The monoisotopic (exact) mass is 312 g/mol. The van der Waals surface area contributed by atoms with Crippen molar-refractivity contribution in [1.29, 1.82) is 0 Å². The Labute approximate surface area is 134 Å². The molecule has 0 aromatic carbocycles. The predicted molar refractivity (Wildman–Crippen MR) is 85.2 cm³/mol. The summed E-state index contributed by atoms with van der Waals surface area (Å²) >= 11 is 0. The first kappa shape index (κ1) is 14.2. The summed E-state index contributed by atoms with van der Waals surface area (Å²) in [6.07, 6.45) is 4.86. The largest absolute Gasteiger partial charge is 0.356 e. The fourth-order valence-electron chi connectivity index (χ4n) is 3.44. The van der Waals surface area contributed by atoms with Gasteiger partial charge in [0.15, 0.2) is 0 Å². The number of nitrogens with zero attached hydrogens (tertiary/aromatic N) is 5. The Bertz CT molecular complexity index is 720. The molecule has 1 fully saturated rings. The van der Waals surface area contributed by atoms with Crippen molar-refractivity contribution in [3.05, 3.63) is 35.0 Å². The van der Waals surface area contributed by atoms with E-state index in [1.807, 2.05) is 11.8 Å². The maximum atomic E-state index is 12.5. The maximum absolute atomic E-state index is 12.5. The van der Waals surface area contributed by atoms with Crippen LogP contribution < -0.4 is 4.90 Å². The summed E-state index contributed by atoms with van der Waals surface area (Å²) in [6.45, 7) is 5.30. The first-order valence-corrected chi connectivity index (χ1v) is 8.12. The van der Waals surface area contributed by atoms with E-state index in [1.165, 1.54) is 18.4 Å². The minimum Gasteiger partial charge on any atom is -0.356 e. The van der Waals surface area contributed by atoms with E-state index in [-0.39, 0.29) is 5.91 Å². The van der Waals surface area contributed by atoms with E-state index < -0.39 is 0 Å². The summed E-state index contributed by atoms with van der Waals surface area (Å²) in [6, 6.07) is 1.71. The third-order valence-electron chi connectivity index (χ3n) is 4.58. The van der Waals surface area contributed by atoms with Gasteiger partial charge in [-0.1, -0.05) is 0 Å². The molecule has 2 aromatic heterocycles. The van der Waals surface area contributed by atoms with Crippen LogP contribution in [0.1, 0.15) is 40.4 Å². The minimum atomic E-state index is -0.0212. The normalized spacial score (nSPS) is 17.4. The van der Waals surface area contributed by atoms with Crippen LogP contribution in [0.25, 0.3) is 0 Å². The van der Waals surface area contributed by atoms with Gasteiger partial charge in [-0.05, 0) is 32.3 Å². The summed E-state index contributed by atoms with van der Waals surface area (Å²) in [5, 5.41) is 6.60. The number of H-pyrrole nitrogens is 1. The molecule has 7 nitrogen and oxygen atoms in total. The molecule has 2 aliphatic rings. The van der Waals surface area contributed by atoms with Gasteiger partial charge in [0.05, 0.1) is 12.2 Å². The molecule has 2 aromatic rings. The highest BCUT2D eigenvalue weighted by molar-refractivity contribution is 5.92. The standard InChI is InChI=1S/C16H20N6O/c1-11-18-14-10-22(16(23)13-4-6-17-20-13)9-5-12(14)15(19-11)21-7-2-3-8-21/h4,6H,2-3,5,7-10H2,1H3,(H,17,20). The lowest BCUT2D eigenvalue weighted by atomic mass is 10.0. The molecular weight excluding hydrogens is 292 g/mol. The highest BCUT2D eigenvalue weighted by atomic mass is 16.2. The maximum Gasteiger partial charge on any atom is 0.272 e. The van der Waals surface area contributed by atoms with Crippen LogP contribution in [-0.2, 0) is 13.0 Å². The fraction of sp³-hybridized carbons (Fsp3) is 0.500. The van der Waals surface area contributed by atoms with E-state index >= 15 is 0 Å². The SMILES string of the molecule is Cc1nc2c(c(N3CCCC3)n1)CCN(C(=O)c1ccn[nH]1)C2. The number of carbonyl (C=O) groups excluding carboxylic acids is 1. The van der Waals surface area contributed by atoms with Gasteiger partial charge in [0.1, 0.15) is 17.3 Å². The van der Waals surface area contributed by atoms with Crippen LogP contribution in [-0.4, -0.2) is 50.6 Å². The topological polar surface area (TPSA) is 78.0 Å². The van der Waals surface area contributed by atoms with Crippen molar-refractivity contribution in [3.63, 3.8) is 0 Å². The zero-order valence-electron chi connectivity index (χ0n) is 13.2. The molecule has 0 radical (unpaired) electrons. The fourth-order valence-corrected chi connectivity index (χ4v) is 3.44. The Balaban J connectivity index is 1.63. The van der Waals surface area contributed by atoms with Crippen LogP contribution in [0, 0.1) is 6.92 Å². The van der Waals surface area contributed by atoms with E-state index in [1.54, 1.807) is 12.3 Å². The van der Waals surface area contributed by atoms with Crippen molar-refractivity contribution in [2.75, 3.05) is 24.5 Å². The number of nitrogens with one attached hydrogen (secondary N) is 1. The predicted octanol–water partition coefficient (Wildman–Crippen LogP) is 1.31. The lowest BCUT2D eigenvalue weighted by Gasteiger charge is -2.31. The Morgan fingerprint density at radius 3 is 2.78 bits per heavy atom. The Morgan fingerprint density at radius 2 is 2.04 bits per heavy atom. The van der Waals surface area contributed by atoms with Gasteiger partial charge in [-0.25, -0.2) is 9.97 Å². The molecule has 4 heterocycles. The lowest BCUT2D eigenvalue weighted by Crippen LogP contribution is -2.38. The van der Waals surface area contributed by atoms with Gasteiger partial charge in [-0.2, -0.15) is 5.10 Å². The summed E-state index contributed by atoms with van der Waals surface area (Å²) in [5.74, 6) is 1.84. The zero-order valence-corrected chi connectivity index (χ0v) is 13.2. The first-order valence-electron chi connectivity index (χ1n) is 8.12. The van der Waals surface area contributed by atoms with E-state index in [0.717, 1.165) is 36.8 Å². The van der Waals surface area contributed by atoms with E-state index in [0.29, 0.717) is 18.8 Å². The van der Waals surface area contributed by atoms with Crippen molar-refractivity contribution in [3.8, 4) is 0 Å². The van der Waals surface area contributed by atoms with Crippen LogP contribution in [0.3, 0.4) is 0 Å². The molecule has 0 aliphatic carbocycles. The molecule has 0 atom stereocenters. The third-order valence-corrected chi connectivity index (χ3v) is 4.58. The number of carbonyl (C=O) groups is 1. The number of hydrogen-bond acceptors (Lipinski definition) is 5. The van der Waals surface area contributed by atoms with E-state index in [2.05, 4.69) is 25.1 Å². The molecule has 1 saturated heterocycles. The number of fused-ring (bicyclic) bond motifs is 1. The number of amides is 1. The third kappa shape index (κ3) is 2.56. The number of aromatic amines is 1. The van der Waals surface area contributed by atoms with E-state index in [4.69, 9.17) is 0 Å². The molecule has 0 saturated carbocycles. The summed E-state index contributed by atoms with van der Waals surface area (Å²) in [7, 11) is 0. The summed E-state index contributed by atoms with van der Waals surface area (Å²) in [4.78, 5) is 26.0. The van der Waals surface area contributed by atoms with Gasteiger partial charge < -0.3 is 9.80 Å². The van der Waals surface area contributed by atoms with Crippen molar-refractivity contribution in [2.24, 2.45) is 0 Å². The molecule has 0 bridgehead atoms. The van der Waals surface area contributed by atoms with Crippen molar-refractivity contribution in [2.45, 2.75) is 32.7 Å². The Hall–Kier alpha value is -2.44. The number of aromatic nitrogens is 4. The lowest BCUT2D eigenvalue weighted by molar-refractivity contribution is 0.0725. The molecule has 0 unspecified atom stereocenters. The Kier molecular flexibility index (Phi) is 3.48. The van der Waals surface area contributed by atoms with Gasteiger partial charge in [-0.3, -0.25) is 9.89 Å². The molecule has 2 aliphatic heterocycles. The molecule has 7 heteroatoms. The molecule has 1 amide bonds. The summed E-state index contributed by atoms with van der Waals surface area (Å²) in [5.41, 5.74) is 2.73. The molecule has 23 heavy (non-hydrogen) atoms. The second-order valence-corrected chi connectivity index (χ2v) is 6.16. The van der Waals surface area contributed by atoms with Gasteiger partial charge >= 0.3 is 0 Å². The highest BCUT2D eigenvalue weighted by Crippen LogP contribution is 2.29. The molecule has 120 valence electrons. The average molecular weight is 312 g/mol. The van der Waals surface area contributed by atoms with Gasteiger partial charge in [0.2, 0.25) is 0 Å². The van der Waals surface area contributed by atoms with Crippen LogP contribution in [0.4, 0.5) is 5.82 Å². The van der Waals surface area contributed by atoms with Gasteiger partial charge in [0.25, 0.3) is 5.91 Å². The number of hydrogen-bond donors (Lipinski definition) is 1. The van der Waals surface area contributed by atoms with Crippen molar-refractivity contribution in [1.82, 2.24) is 25.1 Å². The smallest absolute Gasteiger partial charge is 0.272 e. The highest BCUT2D eigenvalue weighted by Gasteiger charge is 2.28. The van der Waals surface area contributed by atoms with E-state index in [9.17, 15) is 4.79 Å². The van der Waals surface area contributed by atoms with Crippen LogP contribution in [0.5, 0.6) is 0 Å². The zero-order chi connectivity index (χ0) is 15.8. The number of anilines is 1. The van der Waals surface area contributed by atoms with Gasteiger partial charge in [-0.15, -0.1) is 0 Å². The molecule has 1 N–H and O–H groups in total. The number of aryl methyl sites for hydroxylation is 1. The van der Waals surface area contributed by atoms with Crippen molar-refractivity contribution < 1.29 is 4.79 Å². The first-order chi connectivity index (χ1) is 11.2. The van der Waals surface area contributed by atoms with Crippen LogP contribution >= 0.6 is 0 Å². The molecule has 0 spiro atoms. The average Bonchev–Trinajstić information content (AvgIpc) is 3.26. The summed E-state index contributed by atoms with van der Waals surface area (Å²) < 4.78 is 0. The quantitative estimate of drug-likeness (QED) is 0.904. The molecule has 4 rings (SSSR count). The minimum absolute atomic E-state index is 0.0212. The number of rotatable bonds is 2. The van der Waals surface area contributed by atoms with Crippen LogP contribution in [0.15, 0.2) is 12.3 Å². The van der Waals surface area contributed by atoms with Crippen molar-refractivity contribution >= 4 is 11.7 Å². The Morgan fingerprint density at radius 1 is 1.22 bits per heavy atom. The second-order valence-electron chi connectivity index (χ2n) is 6.16.